The summed E-state index contributed by atoms with van der Waals surface area (Å²) in [7, 11) is -5.86. The van der Waals surface area contributed by atoms with Crippen LogP contribution in [0.1, 0.15) is 170 Å². The fraction of sp³-hybridized carbons (Fsp3) is 0.552. The van der Waals surface area contributed by atoms with Gasteiger partial charge in [-0.25, -0.2) is 4.98 Å². The molecule has 8 atom stereocenters. The summed E-state index contributed by atoms with van der Waals surface area (Å²) in [6.07, 6.45) is 6.11. The molecule has 20 nitrogen and oxygen atoms in total. The fourth-order valence-corrected chi connectivity index (χ4v) is 14.6. The fourth-order valence-electron chi connectivity index (χ4n) is 12.3. The molecule has 3 fully saturated rings. The maximum Gasteiger partial charge on any atom is 0.399 e. The number of fused-ring (bicyclic) bond motifs is 1. The summed E-state index contributed by atoms with van der Waals surface area (Å²) in [6.45, 7) is 15.6. The molecule has 92 heavy (non-hydrogen) atoms. The van der Waals surface area contributed by atoms with Crippen LogP contribution in [0.2, 0.25) is 0 Å². The number of thiophene rings is 1. The number of likely N-dealkylation sites (tertiary alicyclic amines) is 3. The number of thiazole rings is 1. The maximum atomic E-state index is 14.9. The molecule has 500 valence electrons. The van der Waals surface area contributed by atoms with Gasteiger partial charge in [-0.15, -0.1) is 22.7 Å². The molecular weight excluding hydrogens is 1240 g/mol. The van der Waals surface area contributed by atoms with Gasteiger partial charge in [-0.2, -0.15) is 8.78 Å². The Kier molecular flexibility index (Phi) is 23.8. The zero-order valence-electron chi connectivity index (χ0n) is 53.8. The smallest absolute Gasteiger partial charge is 0.391 e. The van der Waals surface area contributed by atoms with Crippen LogP contribution in [0.25, 0.3) is 20.5 Å². The molecule has 3 aliphatic rings. The summed E-state index contributed by atoms with van der Waals surface area (Å²) < 4.78 is 47.4. The van der Waals surface area contributed by atoms with Gasteiger partial charge in [-0.1, -0.05) is 134 Å². The number of alkyl halides is 2. The Labute approximate surface area is 545 Å². The van der Waals surface area contributed by atoms with Crippen molar-refractivity contribution in [3.63, 3.8) is 0 Å². The van der Waals surface area contributed by atoms with Crippen molar-refractivity contribution in [2.24, 2.45) is 10.8 Å². The van der Waals surface area contributed by atoms with E-state index in [1.807, 2.05) is 89.2 Å². The molecule has 2 aromatic heterocycles. The quantitative estimate of drug-likeness (QED) is 0.0201. The minimum atomic E-state index is -5.86. The van der Waals surface area contributed by atoms with Crippen LogP contribution in [-0.2, 0) is 43.7 Å². The van der Waals surface area contributed by atoms with E-state index in [4.69, 9.17) is 4.74 Å². The number of aryl methyl sites for hydroxylation is 1. The first-order valence-electron chi connectivity index (χ1n) is 31.8. The van der Waals surface area contributed by atoms with E-state index in [2.05, 4.69) is 26.3 Å². The molecule has 0 spiro atoms. The molecule has 3 aromatic carbocycles. The number of nitrogens with one attached hydrogen (secondary N) is 4. The summed E-state index contributed by atoms with van der Waals surface area (Å²) in [5.41, 5.74) is -1.19. The predicted molar refractivity (Wildman–Crippen MR) is 350 cm³/mol. The van der Waals surface area contributed by atoms with Gasteiger partial charge >= 0.3 is 13.3 Å². The highest BCUT2D eigenvalue weighted by atomic mass is 32.1. The molecule has 25 heteroatoms. The Morgan fingerprint density at radius 1 is 0.761 bits per heavy atom. The first-order chi connectivity index (χ1) is 43.4. The molecule has 8 rings (SSSR count). The summed E-state index contributed by atoms with van der Waals surface area (Å²) in [6, 6.07) is 17.8. The van der Waals surface area contributed by atoms with Gasteiger partial charge in [0.15, 0.2) is 0 Å². The van der Waals surface area contributed by atoms with Gasteiger partial charge in [0.05, 0.1) is 39.2 Å². The van der Waals surface area contributed by atoms with E-state index >= 15 is 0 Å². The van der Waals surface area contributed by atoms with E-state index in [9.17, 15) is 61.8 Å². The third-order valence-corrected chi connectivity index (χ3v) is 20.7. The Morgan fingerprint density at radius 3 is 2.04 bits per heavy atom. The van der Waals surface area contributed by atoms with Crippen molar-refractivity contribution in [2.75, 3.05) is 39.3 Å². The summed E-state index contributed by atoms with van der Waals surface area (Å²) in [5.74, 6) is -2.84. The van der Waals surface area contributed by atoms with E-state index < -0.39 is 83.7 Å². The van der Waals surface area contributed by atoms with Gasteiger partial charge in [0.1, 0.15) is 30.8 Å². The van der Waals surface area contributed by atoms with Gasteiger partial charge in [0, 0.05) is 68.2 Å². The van der Waals surface area contributed by atoms with Crippen molar-refractivity contribution in [1.82, 2.24) is 41.0 Å². The lowest BCUT2D eigenvalue weighted by atomic mass is 9.85. The van der Waals surface area contributed by atoms with Crippen LogP contribution in [0.5, 0.6) is 0 Å². The Balaban J connectivity index is 0.774. The number of aliphatic hydroxyl groups is 1. The topological polar surface area (TPSA) is 277 Å². The number of β-amino-alcohol motifs (C(OH)–C–C–N with tert-alkyl or cyclic N) is 1. The van der Waals surface area contributed by atoms with E-state index in [1.54, 1.807) is 42.5 Å². The molecule has 7 amide bonds. The number of aromatic nitrogens is 1. The minimum absolute atomic E-state index is 0.0228. The number of hydrogen-bond donors (Lipinski definition) is 7. The monoisotopic (exact) mass is 1330 g/mol. The highest BCUT2D eigenvalue weighted by Crippen LogP contribution is 2.59. The number of benzene rings is 3. The van der Waals surface area contributed by atoms with Crippen LogP contribution in [0.3, 0.4) is 0 Å². The van der Waals surface area contributed by atoms with Gasteiger partial charge in [0.25, 0.3) is 5.91 Å². The zero-order chi connectivity index (χ0) is 66.9. The molecule has 5 heterocycles. The molecule has 3 unspecified atom stereocenters. The van der Waals surface area contributed by atoms with Crippen LogP contribution in [0.4, 0.5) is 8.78 Å². The summed E-state index contributed by atoms with van der Waals surface area (Å²) >= 11 is 2.52. The zero-order valence-corrected chi connectivity index (χ0v) is 56.3. The number of piperidine rings is 1. The first kappa shape index (κ1) is 71.3. The van der Waals surface area contributed by atoms with Gasteiger partial charge in [0.2, 0.25) is 35.4 Å². The van der Waals surface area contributed by atoms with Gasteiger partial charge in [-0.3, -0.25) is 38.1 Å². The molecule has 7 N–H and O–H groups in total. The third-order valence-electron chi connectivity index (χ3n) is 17.6. The molecule has 0 bridgehead atoms. The van der Waals surface area contributed by atoms with E-state index in [0.29, 0.717) is 37.2 Å². The number of carbonyl (C=O) groups excluding carboxylic acids is 7. The van der Waals surface area contributed by atoms with E-state index in [1.165, 1.54) is 21.9 Å². The third kappa shape index (κ3) is 18.0. The van der Waals surface area contributed by atoms with Gasteiger partial charge < -0.3 is 55.6 Å². The average molecular weight is 1330 g/mol. The van der Waals surface area contributed by atoms with Crippen molar-refractivity contribution < 1.29 is 66.5 Å². The highest BCUT2D eigenvalue weighted by molar-refractivity contribution is 7.52. The standard InChI is InChI=1S/C67H89F2N8O12PS2/c1-41(43-24-26-45(27-25-43)57-42(2)71-40-91-57)72-60(81)51-34-49(78)37-76(51)63(84)58(65(3,4)5)73-55(79)23-17-12-10-9-11-13-18-30-70-56(80)39-89-50-35-52(62(83)75-31-19-22-46(36-75)44-20-15-14-16-21-44)77(38-50)64(85)59(66(6,7)8)74-61(82)54-33-47-32-48(28-29-53(47)92-54)67(68,69)90(86,87)88/h14-16,20-21,24-29,32-33,40-41,46,49-52,58-59,78H,9-13,17-19,22-23,30-31,34-39H2,1-8H3,(H,70,80)(H,72,81)(H,73,79)(H,74,82)(H2,86,87,88)/t41-,46?,49+,50-,51-,52-,58?,59?/m0/s1. The second-order valence-electron chi connectivity index (χ2n) is 26.9. The molecular formula is C67H89F2N8O12PS2. The SMILES string of the molecule is Cc1ncsc1-c1ccc([C@H](C)NC(=O)[C@@H]2C[C@@H](O)CN2C(=O)C(NC(=O)CCCCCCCCCNC(=O)CO[C@H]2C[C@@H](C(=O)N3CCCC(c4ccccc4)C3)N(C(=O)C(NC(=O)c3cc4cc(C(F)(F)P(=O)(O)O)ccc4s3)C(C)(C)C)C2)C(C)(C)C)cc1. The molecule has 5 aromatic rings. The number of halogens is 2. The summed E-state index contributed by atoms with van der Waals surface area (Å²) in [4.78, 5) is 127. The molecule has 3 saturated heterocycles. The Hall–Kier alpha value is -6.53. The Bertz CT molecular complexity index is 3460. The Morgan fingerprint density at radius 2 is 1.40 bits per heavy atom. The lowest BCUT2D eigenvalue weighted by Crippen LogP contribution is -2.58. The van der Waals surface area contributed by atoms with Crippen molar-refractivity contribution in [3.05, 3.63) is 112 Å². The first-order valence-corrected chi connectivity index (χ1v) is 35.1. The number of hydrogen-bond acceptors (Lipinski definition) is 13. The number of aliphatic hydroxyl groups excluding tert-OH is 1. The van der Waals surface area contributed by atoms with Crippen LogP contribution in [0.15, 0.2) is 84.4 Å². The van der Waals surface area contributed by atoms with Crippen LogP contribution in [0, 0.1) is 17.8 Å². The van der Waals surface area contributed by atoms with Crippen LogP contribution >= 0.6 is 30.3 Å². The van der Waals surface area contributed by atoms with Crippen molar-refractivity contribution in [3.8, 4) is 10.4 Å². The normalized spacial score (nSPS) is 20.0. The number of rotatable bonds is 26. The minimum Gasteiger partial charge on any atom is -0.391 e. The number of unbranched alkanes of at least 4 members (excludes halogenated alkanes) is 6. The van der Waals surface area contributed by atoms with Crippen molar-refractivity contribution in [1.29, 1.82) is 0 Å². The summed E-state index contributed by atoms with van der Waals surface area (Å²) in [5, 5.41) is 22.6. The lowest BCUT2D eigenvalue weighted by molar-refractivity contribution is -0.147. The largest absolute Gasteiger partial charge is 0.399 e. The maximum absolute atomic E-state index is 14.9. The highest BCUT2D eigenvalue weighted by Gasteiger charge is 2.51. The molecule has 0 aliphatic carbocycles. The number of nitrogens with zero attached hydrogens (tertiary/aromatic N) is 4. The number of carbonyl (C=O) groups is 7. The number of ether oxygens (including phenoxy) is 1. The van der Waals surface area contributed by atoms with E-state index in [-0.39, 0.29) is 84.8 Å². The molecule has 0 saturated carbocycles. The van der Waals surface area contributed by atoms with Gasteiger partial charge in [-0.05, 0) is 90.6 Å². The second kappa shape index (κ2) is 30.7. The average Bonchev–Trinajstić information content (AvgIpc) is 1.57. The van der Waals surface area contributed by atoms with E-state index in [0.717, 1.165) is 95.7 Å². The predicted octanol–water partition coefficient (Wildman–Crippen LogP) is 9.70. The number of amides is 7. The van der Waals surface area contributed by atoms with Crippen LogP contribution < -0.4 is 21.3 Å². The molecule has 0 radical (unpaired) electrons. The second-order valence-corrected chi connectivity index (χ2v) is 30.5. The molecule has 3 aliphatic heterocycles. The van der Waals surface area contributed by atoms with Crippen molar-refractivity contribution in [2.45, 2.75) is 186 Å². The van der Waals surface area contributed by atoms with Crippen molar-refractivity contribution >= 4 is 81.7 Å². The van der Waals surface area contributed by atoms with Crippen LogP contribution in [-0.4, -0.2) is 152 Å². The lowest BCUT2D eigenvalue weighted by Gasteiger charge is -2.38.